The molecule has 188 valence electrons. The fourth-order valence-corrected chi connectivity index (χ4v) is 5.09. The predicted molar refractivity (Wildman–Crippen MR) is 103 cm³/mol. The minimum absolute atomic E-state index is 0. The number of hydrogen-bond acceptors (Lipinski definition) is 9. The van der Waals surface area contributed by atoms with E-state index in [1.807, 2.05) is 0 Å². The molecule has 3 fully saturated rings. The number of nitrogens with zero attached hydrogens (tertiary/aromatic N) is 1. The van der Waals surface area contributed by atoms with Crippen LogP contribution in [0.1, 0.15) is 41.0 Å². The minimum Gasteiger partial charge on any atom is -0.746 e. The predicted octanol–water partition coefficient (Wildman–Crippen LogP) is 1.06. The zero-order valence-corrected chi connectivity index (χ0v) is 26.5. The summed E-state index contributed by atoms with van der Waals surface area (Å²) in [5.41, 5.74) is -0.974. The molecule has 34 heavy (non-hydrogen) atoms. The van der Waals surface area contributed by atoms with Gasteiger partial charge in [-0.3, -0.25) is 24.1 Å². The summed E-state index contributed by atoms with van der Waals surface area (Å²) in [5, 5.41) is -4.97. The van der Waals surface area contributed by atoms with E-state index in [0.717, 1.165) is 4.90 Å². The maximum atomic E-state index is 13.4. The molecule has 1 saturated heterocycles. The molecule has 2 saturated carbocycles. The number of halogens is 2. The minimum atomic E-state index is -6.13. The van der Waals surface area contributed by atoms with E-state index in [-0.39, 0.29) is 6.42 Å². The van der Waals surface area contributed by atoms with Gasteiger partial charge >= 0.3 is 5.97 Å². The van der Waals surface area contributed by atoms with Gasteiger partial charge in [-0.05, 0) is 12.3 Å². The molecule has 6 unspecified atom stereocenters. The monoisotopic (exact) mass is 760 g/mol. The van der Waals surface area contributed by atoms with Crippen LogP contribution < -0.4 is 0 Å². The van der Waals surface area contributed by atoms with Crippen LogP contribution in [0.2, 0.25) is 0 Å². The summed E-state index contributed by atoms with van der Waals surface area (Å²) in [6, 6.07) is -0.807. The number of alkyl halides is 2. The van der Waals surface area contributed by atoms with Gasteiger partial charge in [0.2, 0.25) is 11.8 Å². The van der Waals surface area contributed by atoms with E-state index >= 15 is 0 Å². The zero-order valence-electron chi connectivity index (χ0n) is 19.3. The number of carbonyl (C=O) groups excluding carboxylic acids is 4. The third-order valence-corrected chi connectivity index (χ3v) is 7.14. The zero-order chi connectivity index (χ0) is 25.3. The Morgan fingerprint density at radius 3 is 2.21 bits per heavy atom. The Hall–Kier alpha value is -3.15. The van der Waals surface area contributed by atoms with Gasteiger partial charge in [0.05, 0.1) is 23.8 Å². The third kappa shape index (κ3) is 4.10. The number of hydrogen-bond donors (Lipinski definition) is 0. The van der Waals surface area contributed by atoms with Gasteiger partial charge in [0.1, 0.15) is 16.2 Å². The second-order valence-corrected chi connectivity index (χ2v) is 11.4. The van der Waals surface area contributed by atoms with Crippen LogP contribution in [0.15, 0.2) is 0 Å². The molecule has 14 heteroatoms. The number of esters is 2. The van der Waals surface area contributed by atoms with Crippen molar-refractivity contribution in [2.75, 3.05) is 0 Å². The average molecular weight is 760 g/mol. The fraction of sp³-hybridized carbons (Fsp3) is 0.750. The number of rotatable bonds is 6. The van der Waals surface area contributed by atoms with E-state index in [1.165, 1.54) is 0 Å². The van der Waals surface area contributed by atoms with Gasteiger partial charge in [-0.15, -0.1) is 0 Å². The van der Waals surface area contributed by atoms with E-state index in [4.69, 9.17) is 4.74 Å². The maximum Gasteiger partial charge on any atom is 0.308 e. The van der Waals surface area contributed by atoms with Gasteiger partial charge in [0, 0.05) is 11.3 Å². The first-order valence-corrected chi connectivity index (χ1v) is 11.8. The summed E-state index contributed by atoms with van der Waals surface area (Å²) in [6.45, 7) is 7.25. The Labute approximate surface area is 189 Å². The number of carbonyl (C=O) groups is 4. The first-order valence-electron chi connectivity index (χ1n) is 10.4. The molecule has 2 amide bonds. The van der Waals surface area contributed by atoms with Gasteiger partial charge in [0.25, 0.3) is 11.2 Å². The molecule has 0 radical (unpaired) electrons. The van der Waals surface area contributed by atoms with Crippen molar-refractivity contribution in [2.45, 2.75) is 58.4 Å². The van der Waals surface area contributed by atoms with Crippen LogP contribution in [0.4, 0.5) is 8.78 Å². The number of likely N-dealkylation sites (tertiary alicyclic amines) is 1. The Bertz CT molecular complexity index is 994. The number of amides is 2. The standard InChI is InChI=1S/C20H26F2NO9S.Rf/c1-8(2)16(25)32-14-10-6-9-11(15(24)23(13(9)14)18(27)19(3,4)5)12(10)17(26)31-7-20(21,22)33(28,29)30;/h7-14H,6H2,1-5H3,(H,28,29,30);/q-1;/p-1. The Kier molecular flexibility index (Phi) is 6.58. The number of imide groups is 1. The SMILES string of the molecule is CC(C)C(=O)OC1C2CC3C(C(=O)N(C(=O)C(C)(C)C)C31)C2C(=O)O[CH-]C(F)(F)S(=O)(=O)[O-].[Rf]. The van der Waals surface area contributed by atoms with Gasteiger partial charge in [-0.2, -0.15) is 0 Å². The molecule has 0 aromatic carbocycles. The summed E-state index contributed by atoms with van der Waals surface area (Å²) in [7, 11) is -6.13. The molecule has 3 rings (SSSR count). The van der Waals surface area contributed by atoms with Crippen LogP contribution in [0.25, 0.3) is 0 Å². The van der Waals surface area contributed by atoms with Gasteiger partial charge in [0.15, 0.2) is 0 Å². The smallest absolute Gasteiger partial charge is 0.308 e. The Balaban J connectivity index is 0.00000408. The quantitative estimate of drug-likeness (QED) is 0.221. The summed E-state index contributed by atoms with van der Waals surface area (Å²) < 4.78 is 68.8. The van der Waals surface area contributed by atoms with Crippen LogP contribution in [-0.2, 0) is 38.8 Å². The summed E-state index contributed by atoms with van der Waals surface area (Å²) in [4.78, 5) is 52.3. The molecule has 1 heterocycles. The van der Waals surface area contributed by atoms with Crippen molar-refractivity contribution in [3.05, 3.63) is 6.61 Å². The normalized spacial score (nSPS) is 30.4. The van der Waals surface area contributed by atoms with E-state index in [9.17, 15) is 40.9 Å². The number of ether oxygens (including phenoxy) is 2. The molecule has 2 aliphatic carbocycles. The molecular formula is C20H25F2NO9RfS-2. The van der Waals surface area contributed by atoms with Gasteiger partial charge in [-0.25, -0.2) is 17.2 Å². The summed E-state index contributed by atoms with van der Waals surface area (Å²) in [5.74, 6) is -7.62. The van der Waals surface area contributed by atoms with Crippen LogP contribution in [0.3, 0.4) is 0 Å². The summed E-state index contributed by atoms with van der Waals surface area (Å²) in [6.07, 6.45) is -0.860. The molecule has 2 bridgehead atoms. The van der Waals surface area contributed by atoms with Crippen LogP contribution in [0.5, 0.6) is 0 Å². The first kappa shape index (κ1) is 27.1. The maximum absolute atomic E-state index is 13.4. The Morgan fingerprint density at radius 1 is 1.18 bits per heavy atom. The van der Waals surface area contributed by atoms with Crippen LogP contribution >= 0.6 is 0 Å². The van der Waals surface area contributed by atoms with Crippen molar-refractivity contribution in [2.24, 2.45) is 35.0 Å². The van der Waals surface area contributed by atoms with E-state index in [1.54, 1.807) is 34.6 Å². The van der Waals surface area contributed by atoms with Crippen molar-refractivity contribution in [3.8, 4) is 0 Å². The topological polar surface area (TPSA) is 147 Å². The molecule has 3 aliphatic rings. The fourth-order valence-electron chi connectivity index (χ4n) is 4.92. The van der Waals surface area contributed by atoms with Crippen molar-refractivity contribution in [1.82, 2.24) is 4.90 Å². The molecule has 0 aromatic rings. The molecule has 10 nitrogen and oxygen atoms in total. The van der Waals surface area contributed by atoms with E-state index in [0.29, 0.717) is 0 Å². The molecule has 0 N–H and O–H groups in total. The van der Waals surface area contributed by atoms with Crippen LogP contribution in [0, 0.1) is 41.6 Å². The second kappa shape index (κ2) is 8.26. The molecule has 0 spiro atoms. The largest absolute Gasteiger partial charge is 0.746 e. The van der Waals surface area contributed by atoms with Crippen molar-refractivity contribution in [3.63, 3.8) is 0 Å². The van der Waals surface area contributed by atoms with Gasteiger partial charge < -0.3 is 14.0 Å². The molecule has 1 aliphatic heterocycles. The molecular weight excluding hydrogens is 735 g/mol. The first-order chi connectivity index (χ1) is 14.9. The molecule has 6 atom stereocenters. The number of fused-ring (bicyclic) bond motifs is 1. The Morgan fingerprint density at radius 2 is 1.74 bits per heavy atom. The van der Waals surface area contributed by atoms with Crippen LogP contribution in [-0.4, -0.2) is 59.0 Å². The van der Waals surface area contributed by atoms with Crippen molar-refractivity contribution >= 4 is 33.9 Å². The average Bonchev–Trinajstić information content (AvgIpc) is 3.26. The van der Waals surface area contributed by atoms with E-state index in [2.05, 4.69) is 4.74 Å². The molecule has 0 aromatic heterocycles. The van der Waals surface area contributed by atoms with Gasteiger partial charge in [-0.1, -0.05) is 41.2 Å². The van der Waals surface area contributed by atoms with Crippen molar-refractivity contribution in [1.29, 1.82) is 0 Å². The van der Waals surface area contributed by atoms with E-state index < -0.39 is 92.9 Å². The summed E-state index contributed by atoms with van der Waals surface area (Å²) >= 11 is 0. The second-order valence-electron chi connectivity index (χ2n) is 10.00. The third-order valence-electron chi connectivity index (χ3n) is 6.37. The van der Waals surface area contributed by atoms with Crippen molar-refractivity contribution < 1.29 is 50.4 Å².